The highest BCUT2D eigenvalue weighted by atomic mass is 16.3. The molecule has 0 fully saturated rings. The van der Waals surface area contributed by atoms with Gasteiger partial charge in [0.25, 0.3) is 0 Å². The van der Waals surface area contributed by atoms with Gasteiger partial charge in [-0.2, -0.15) is 0 Å². The molecule has 0 bridgehead atoms. The molecular weight excluding hydrogens is 304 g/mol. The maximum Gasteiger partial charge on any atom is 0.115 e. The fourth-order valence-electron chi connectivity index (χ4n) is 4.30. The number of allylic oxidation sites excluding steroid dienone is 2. The van der Waals surface area contributed by atoms with E-state index in [2.05, 4.69) is 65.5 Å². The van der Waals surface area contributed by atoms with Crippen molar-refractivity contribution in [3.05, 3.63) is 41.0 Å². The van der Waals surface area contributed by atoms with Crippen molar-refractivity contribution in [2.75, 3.05) is 0 Å². The summed E-state index contributed by atoms with van der Waals surface area (Å²) >= 11 is 0. The molecule has 0 heterocycles. The summed E-state index contributed by atoms with van der Waals surface area (Å²) in [5.74, 6) is 7.27. The topological polar surface area (TPSA) is 20.2 Å². The van der Waals surface area contributed by atoms with E-state index in [0.717, 1.165) is 32.1 Å². The van der Waals surface area contributed by atoms with Gasteiger partial charge in [0.1, 0.15) is 5.75 Å². The van der Waals surface area contributed by atoms with E-state index in [1.165, 1.54) is 16.7 Å². The minimum absolute atomic E-state index is 0.101. The molecule has 2 rings (SSSR count). The van der Waals surface area contributed by atoms with Crippen molar-refractivity contribution in [3.63, 3.8) is 0 Å². The van der Waals surface area contributed by atoms with Gasteiger partial charge >= 0.3 is 0 Å². The van der Waals surface area contributed by atoms with Gasteiger partial charge < -0.3 is 5.11 Å². The van der Waals surface area contributed by atoms with Gasteiger partial charge in [0, 0.05) is 6.42 Å². The molecule has 1 atom stereocenters. The highest BCUT2D eigenvalue weighted by Crippen LogP contribution is 2.39. The molecule has 0 radical (unpaired) electrons. The zero-order valence-electron chi connectivity index (χ0n) is 16.9. The summed E-state index contributed by atoms with van der Waals surface area (Å²) < 4.78 is 0. The first-order valence-electron chi connectivity index (χ1n) is 9.58. The molecule has 0 saturated heterocycles. The van der Waals surface area contributed by atoms with Crippen LogP contribution >= 0.6 is 0 Å². The Balaban J connectivity index is 2.13. The molecular formula is C24H34O. The van der Waals surface area contributed by atoms with Crippen LogP contribution in [0.4, 0.5) is 0 Å². The number of hydrogen-bond acceptors (Lipinski definition) is 1. The standard InChI is InChI=1S/C24H34O/c1-18-10-7-8-11-19(18)12-9-13-20-16-21(25)14-15-22(20)24(5,6)17-23(2,3)4/h11,14-16,18,25H,9-10,12-13,17H2,1-6H3. The Labute approximate surface area is 154 Å². The summed E-state index contributed by atoms with van der Waals surface area (Å²) in [6.45, 7) is 13.8. The van der Waals surface area contributed by atoms with Crippen molar-refractivity contribution in [1.29, 1.82) is 0 Å². The number of phenolic OH excluding ortho intramolecular Hbond substituents is 1. The smallest absolute Gasteiger partial charge is 0.115 e. The first-order chi connectivity index (χ1) is 11.6. The lowest BCUT2D eigenvalue weighted by Crippen LogP contribution is -2.26. The average Bonchev–Trinajstić information content (AvgIpc) is 2.46. The Bertz CT molecular complexity index is 689. The molecule has 1 aromatic rings. The molecule has 0 aliphatic heterocycles. The summed E-state index contributed by atoms with van der Waals surface area (Å²) in [6.07, 6.45) is 7.44. The minimum Gasteiger partial charge on any atom is -0.508 e. The van der Waals surface area contributed by atoms with E-state index in [-0.39, 0.29) is 10.8 Å². The van der Waals surface area contributed by atoms with Gasteiger partial charge in [-0.1, -0.05) is 65.0 Å². The van der Waals surface area contributed by atoms with Gasteiger partial charge in [0.2, 0.25) is 0 Å². The number of phenols is 1. The molecule has 1 heteroatoms. The Morgan fingerprint density at radius 3 is 2.48 bits per heavy atom. The van der Waals surface area contributed by atoms with E-state index in [4.69, 9.17) is 0 Å². The fourth-order valence-corrected chi connectivity index (χ4v) is 4.30. The Hall–Kier alpha value is -1.68. The van der Waals surface area contributed by atoms with Crippen molar-refractivity contribution < 1.29 is 5.11 Å². The van der Waals surface area contributed by atoms with Gasteiger partial charge in [-0.05, 0) is 71.8 Å². The lowest BCUT2D eigenvalue weighted by molar-refractivity contribution is 0.283. The van der Waals surface area contributed by atoms with Gasteiger partial charge in [-0.25, -0.2) is 0 Å². The second kappa shape index (κ2) is 7.69. The quantitative estimate of drug-likeness (QED) is 0.595. The van der Waals surface area contributed by atoms with E-state index >= 15 is 0 Å². The van der Waals surface area contributed by atoms with E-state index in [1.54, 1.807) is 0 Å². The second-order valence-electron chi connectivity index (χ2n) is 9.46. The molecule has 0 saturated carbocycles. The lowest BCUT2D eigenvalue weighted by Gasteiger charge is -2.34. The largest absolute Gasteiger partial charge is 0.508 e. The lowest BCUT2D eigenvalue weighted by atomic mass is 9.70. The molecule has 1 aliphatic rings. The van der Waals surface area contributed by atoms with Gasteiger partial charge in [0.05, 0.1) is 0 Å². The number of aromatic hydroxyl groups is 1. The monoisotopic (exact) mass is 338 g/mol. The van der Waals surface area contributed by atoms with Crippen LogP contribution in [0.5, 0.6) is 5.75 Å². The molecule has 0 aromatic heterocycles. The Kier molecular flexibility index (Phi) is 6.04. The van der Waals surface area contributed by atoms with Crippen LogP contribution in [-0.4, -0.2) is 5.11 Å². The zero-order chi connectivity index (χ0) is 18.7. The van der Waals surface area contributed by atoms with Crippen LogP contribution in [0.15, 0.2) is 29.8 Å². The summed E-state index contributed by atoms with van der Waals surface area (Å²) in [5.41, 5.74) is 4.54. The number of benzene rings is 1. The number of hydrogen-bond donors (Lipinski definition) is 1. The minimum atomic E-state index is 0.101. The molecule has 25 heavy (non-hydrogen) atoms. The van der Waals surface area contributed by atoms with Crippen LogP contribution < -0.4 is 0 Å². The van der Waals surface area contributed by atoms with Crippen LogP contribution in [0.3, 0.4) is 0 Å². The SMILES string of the molecule is CC1CC#CC=C1CCCc1cc(O)ccc1C(C)(C)CC(C)(C)C. The molecule has 0 spiro atoms. The molecule has 1 aliphatic carbocycles. The predicted molar refractivity (Wildman–Crippen MR) is 108 cm³/mol. The summed E-state index contributed by atoms with van der Waals surface area (Å²) in [6, 6.07) is 5.94. The molecule has 0 amide bonds. The van der Waals surface area contributed by atoms with Crippen LogP contribution in [-0.2, 0) is 11.8 Å². The van der Waals surface area contributed by atoms with Crippen LogP contribution in [0.25, 0.3) is 0 Å². The summed E-state index contributed by atoms with van der Waals surface area (Å²) in [7, 11) is 0. The zero-order valence-corrected chi connectivity index (χ0v) is 16.9. The first kappa shape index (κ1) is 19.6. The second-order valence-corrected chi connectivity index (χ2v) is 9.46. The average molecular weight is 339 g/mol. The van der Waals surface area contributed by atoms with Crippen LogP contribution in [0, 0.1) is 23.2 Å². The van der Waals surface area contributed by atoms with Crippen LogP contribution in [0.2, 0.25) is 0 Å². The van der Waals surface area contributed by atoms with E-state index in [1.807, 2.05) is 12.1 Å². The van der Waals surface area contributed by atoms with Gasteiger partial charge in [-0.15, -0.1) is 0 Å². The van der Waals surface area contributed by atoms with Crippen molar-refractivity contribution in [3.8, 4) is 17.6 Å². The van der Waals surface area contributed by atoms with Gasteiger partial charge in [-0.3, -0.25) is 0 Å². The van der Waals surface area contributed by atoms with Crippen molar-refractivity contribution in [1.82, 2.24) is 0 Å². The Morgan fingerprint density at radius 2 is 1.84 bits per heavy atom. The highest BCUT2D eigenvalue weighted by Gasteiger charge is 2.29. The van der Waals surface area contributed by atoms with Crippen molar-refractivity contribution in [2.24, 2.45) is 11.3 Å². The molecule has 1 unspecified atom stereocenters. The normalized spacial score (nSPS) is 17.7. The first-order valence-corrected chi connectivity index (χ1v) is 9.58. The van der Waals surface area contributed by atoms with Crippen molar-refractivity contribution >= 4 is 0 Å². The molecule has 1 aromatic carbocycles. The van der Waals surface area contributed by atoms with Crippen molar-refractivity contribution in [2.45, 2.75) is 79.1 Å². The number of rotatable bonds is 6. The summed E-state index contributed by atoms with van der Waals surface area (Å²) in [4.78, 5) is 0. The maximum atomic E-state index is 10.00. The third kappa shape index (κ3) is 5.67. The highest BCUT2D eigenvalue weighted by molar-refractivity contribution is 5.39. The third-order valence-corrected chi connectivity index (χ3v) is 5.10. The van der Waals surface area contributed by atoms with E-state index in [9.17, 15) is 5.11 Å². The van der Waals surface area contributed by atoms with Crippen LogP contribution in [0.1, 0.15) is 78.4 Å². The summed E-state index contributed by atoms with van der Waals surface area (Å²) in [5, 5.41) is 10.00. The van der Waals surface area contributed by atoms with E-state index in [0.29, 0.717) is 11.7 Å². The maximum absolute atomic E-state index is 10.00. The Morgan fingerprint density at radius 1 is 1.12 bits per heavy atom. The molecule has 1 N–H and O–H groups in total. The predicted octanol–water partition coefficient (Wildman–Crippen LogP) is 6.40. The van der Waals surface area contributed by atoms with E-state index < -0.39 is 0 Å². The number of aryl methyl sites for hydroxylation is 1. The molecule has 136 valence electrons. The fraction of sp³-hybridized carbons (Fsp3) is 0.583. The van der Waals surface area contributed by atoms with Gasteiger partial charge in [0.15, 0.2) is 0 Å². The molecule has 1 nitrogen and oxygen atoms in total. The third-order valence-electron chi connectivity index (χ3n) is 5.10.